The van der Waals surface area contributed by atoms with Crippen molar-refractivity contribution in [2.24, 2.45) is 11.7 Å². The molecule has 0 aliphatic carbocycles. The van der Waals surface area contributed by atoms with Gasteiger partial charge in [0, 0.05) is 13.2 Å². The molecule has 2 N–H and O–H groups in total. The lowest BCUT2D eigenvalue weighted by molar-refractivity contribution is 0.0118. The summed E-state index contributed by atoms with van der Waals surface area (Å²) >= 11 is 0. The first-order valence-electron chi connectivity index (χ1n) is 6.23. The minimum Gasteiger partial charge on any atom is -0.462 e. The second kappa shape index (κ2) is 6.19. The molecule has 2 rings (SSSR count). The molecule has 0 spiro atoms. The Morgan fingerprint density at radius 2 is 2.18 bits per heavy atom. The van der Waals surface area contributed by atoms with Gasteiger partial charge in [-0.25, -0.2) is 0 Å². The Bertz CT molecular complexity index is 342. The van der Waals surface area contributed by atoms with Gasteiger partial charge in [-0.15, -0.1) is 0 Å². The van der Waals surface area contributed by atoms with Gasteiger partial charge in [-0.2, -0.15) is 0 Å². The lowest BCUT2D eigenvalue weighted by Crippen LogP contribution is -2.20. The number of nitrogens with two attached hydrogens (primary N) is 1. The predicted molar refractivity (Wildman–Crippen MR) is 64.5 cm³/mol. The van der Waals surface area contributed by atoms with Gasteiger partial charge in [0.2, 0.25) is 0 Å². The quantitative estimate of drug-likeness (QED) is 0.853. The van der Waals surface area contributed by atoms with E-state index in [-0.39, 0.29) is 0 Å². The monoisotopic (exact) mass is 239 g/mol. The summed E-state index contributed by atoms with van der Waals surface area (Å²) in [7, 11) is 0. The molecule has 1 aliphatic heterocycles. The highest BCUT2D eigenvalue weighted by atomic mass is 16.5. The predicted octanol–water partition coefficient (Wildman–Crippen LogP) is 1.99. The van der Waals surface area contributed by atoms with Crippen molar-refractivity contribution in [3.05, 3.63) is 23.2 Å². The van der Waals surface area contributed by atoms with Crippen LogP contribution < -0.4 is 5.73 Å². The van der Waals surface area contributed by atoms with Crippen molar-refractivity contribution in [3.63, 3.8) is 0 Å². The summed E-state index contributed by atoms with van der Waals surface area (Å²) in [5.74, 6) is 2.36. The highest BCUT2D eigenvalue weighted by molar-refractivity contribution is 5.19. The number of furan rings is 1. The molecule has 96 valence electrons. The van der Waals surface area contributed by atoms with Gasteiger partial charge in [0.1, 0.15) is 18.1 Å². The van der Waals surface area contributed by atoms with Crippen molar-refractivity contribution in [2.45, 2.75) is 32.9 Å². The van der Waals surface area contributed by atoms with Gasteiger partial charge in [0.15, 0.2) is 0 Å². The zero-order chi connectivity index (χ0) is 12.1. The molecule has 0 unspecified atom stereocenters. The number of hydrogen-bond acceptors (Lipinski definition) is 4. The second-order valence-corrected chi connectivity index (χ2v) is 4.59. The van der Waals surface area contributed by atoms with Gasteiger partial charge in [-0.3, -0.25) is 0 Å². The fourth-order valence-electron chi connectivity index (χ4n) is 2.10. The maximum absolute atomic E-state index is 5.68. The normalized spacial score (nSPS) is 17.5. The van der Waals surface area contributed by atoms with Crippen LogP contribution in [0.15, 0.2) is 10.5 Å². The van der Waals surface area contributed by atoms with Crippen LogP contribution in [0.1, 0.15) is 29.9 Å². The van der Waals surface area contributed by atoms with E-state index in [1.807, 2.05) is 13.0 Å². The minimum atomic E-state index is 0.450. The van der Waals surface area contributed by atoms with E-state index in [0.29, 0.717) is 19.1 Å². The third-order valence-electron chi connectivity index (χ3n) is 3.20. The lowest BCUT2D eigenvalue weighted by atomic mass is 10.0. The van der Waals surface area contributed by atoms with Gasteiger partial charge < -0.3 is 19.6 Å². The summed E-state index contributed by atoms with van der Waals surface area (Å²) in [6.07, 6.45) is 2.20. The minimum absolute atomic E-state index is 0.450. The van der Waals surface area contributed by atoms with E-state index in [2.05, 4.69) is 0 Å². The average Bonchev–Trinajstić information content (AvgIpc) is 2.71. The first kappa shape index (κ1) is 12.6. The molecule has 0 radical (unpaired) electrons. The van der Waals surface area contributed by atoms with E-state index in [4.69, 9.17) is 19.6 Å². The van der Waals surface area contributed by atoms with Gasteiger partial charge in [0.05, 0.1) is 13.2 Å². The molecule has 17 heavy (non-hydrogen) atoms. The number of aryl methyl sites for hydroxylation is 1. The summed E-state index contributed by atoms with van der Waals surface area (Å²) in [5, 5.41) is 0. The van der Waals surface area contributed by atoms with E-state index in [0.717, 1.165) is 49.7 Å². The third kappa shape index (κ3) is 3.56. The first-order valence-corrected chi connectivity index (χ1v) is 6.23. The Labute approximate surface area is 102 Å². The van der Waals surface area contributed by atoms with Crippen molar-refractivity contribution in [1.82, 2.24) is 0 Å². The van der Waals surface area contributed by atoms with Gasteiger partial charge >= 0.3 is 0 Å². The van der Waals surface area contributed by atoms with Crippen molar-refractivity contribution in [3.8, 4) is 0 Å². The molecular weight excluding hydrogens is 218 g/mol. The summed E-state index contributed by atoms with van der Waals surface area (Å²) in [6, 6.07) is 2.01. The molecule has 2 heterocycles. The molecule has 1 aliphatic rings. The molecule has 0 atom stereocenters. The van der Waals surface area contributed by atoms with Crippen LogP contribution in [-0.2, 0) is 22.6 Å². The number of hydrogen-bond donors (Lipinski definition) is 1. The molecule has 0 amide bonds. The second-order valence-electron chi connectivity index (χ2n) is 4.59. The smallest absolute Gasteiger partial charge is 0.130 e. The highest BCUT2D eigenvalue weighted by Gasteiger charge is 2.14. The summed E-state index contributed by atoms with van der Waals surface area (Å²) < 4.78 is 16.6. The maximum Gasteiger partial charge on any atom is 0.130 e. The van der Waals surface area contributed by atoms with Crippen LogP contribution in [0.5, 0.6) is 0 Å². The zero-order valence-electron chi connectivity index (χ0n) is 10.4. The van der Waals surface area contributed by atoms with Gasteiger partial charge in [-0.05, 0) is 37.3 Å². The Balaban J connectivity index is 1.73. The zero-order valence-corrected chi connectivity index (χ0v) is 10.4. The molecule has 1 saturated heterocycles. The van der Waals surface area contributed by atoms with Gasteiger partial charge in [-0.1, -0.05) is 0 Å². The molecule has 4 heteroatoms. The van der Waals surface area contributed by atoms with E-state index < -0.39 is 0 Å². The van der Waals surface area contributed by atoms with Crippen LogP contribution in [0.25, 0.3) is 0 Å². The molecular formula is C13H21NO3. The number of ether oxygens (including phenoxy) is 2. The molecule has 1 aromatic heterocycles. The van der Waals surface area contributed by atoms with E-state index in [1.165, 1.54) is 0 Å². The molecule has 0 saturated carbocycles. The van der Waals surface area contributed by atoms with Crippen LogP contribution in [0.2, 0.25) is 0 Å². The lowest BCUT2D eigenvalue weighted by Gasteiger charge is -2.21. The Morgan fingerprint density at radius 3 is 2.82 bits per heavy atom. The molecule has 0 aromatic carbocycles. The van der Waals surface area contributed by atoms with Crippen molar-refractivity contribution in [1.29, 1.82) is 0 Å². The number of rotatable bonds is 5. The van der Waals surface area contributed by atoms with Crippen LogP contribution in [0, 0.1) is 12.8 Å². The topological polar surface area (TPSA) is 57.6 Å². The van der Waals surface area contributed by atoms with Gasteiger partial charge in [0.25, 0.3) is 0 Å². The largest absolute Gasteiger partial charge is 0.462 e. The summed E-state index contributed by atoms with van der Waals surface area (Å²) in [4.78, 5) is 0. The highest BCUT2D eigenvalue weighted by Crippen LogP contribution is 2.18. The third-order valence-corrected chi connectivity index (χ3v) is 3.20. The van der Waals surface area contributed by atoms with E-state index in [9.17, 15) is 0 Å². The van der Waals surface area contributed by atoms with Crippen molar-refractivity contribution >= 4 is 0 Å². The first-order chi connectivity index (χ1) is 8.29. The maximum atomic E-state index is 5.68. The van der Waals surface area contributed by atoms with Crippen molar-refractivity contribution in [2.75, 3.05) is 19.8 Å². The molecule has 1 aromatic rings. The molecule has 1 fully saturated rings. The standard InChI is InChI=1S/C13H21NO3/c1-10-6-12(17-13(10)7-14)9-16-8-11-2-4-15-5-3-11/h6,11H,2-5,7-9,14H2,1H3. The fraction of sp³-hybridized carbons (Fsp3) is 0.692. The summed E-state index contributed by atoms with van der Waals surface area (Å²) in [5.41, 5.74) is 6.67. The van der Waals surface area contributed by atoms with E-state index >= 15 is 0 Å². The molecule has 4 nitrogen and oxygen atoms in total. The van der Waals surface area contributed by atoms with Crippen LogP contribution in [0.3, 0.4) is 0 Å². The SMILES string of the molecule is Cc1cc(COCC2CCOCC2)oc1CN. The van der Waals surface area contributed by atoms with Crippen LogP contribution in [-0.4, -0.2) is 19.8 Å². The average molecular weight is 239 g/mol. The van der Waals surface area contributed by atoms with Crippen LogP contribution >= 0.6 is 0 Å². The van der Waals surface area contributed by atoms with Crippen molar-refractivity contribution < 1.29 is 13.9 Å². The van der Waals surface area contributed by atoms with Crippen LogP contribution in [0.4, 0.5) is 0 Å². The Morgan fingerprint density at radius 1 is 1.41 bits per heavy atom. The Hall–Kier alpha value is -0.840. The summed E-state index contributed by atoms with van der Waals surface area (Å²) in [6.45, 7) is 5.52. The molecule has 0 bridgehead atoms. The Kier molecular flexibility index (Phi) is 4.59. The fourth-order valence-corrected chi connectivity index (χ4v) is 2.10. The van der Waals surface area contributed by atoms with E-state index in [1.54, 1.807) is 0 Å².